The number of hydrogen-bond donors (Lipinski definition) is 2. The highest BCUT2D eigenvalue weighted by molar-refractivity contribution is 14.0. The van der Waals surface area contributed by atoms with Crippen molar-refractivity contribution in [1.82, 2.24) is 15.5 Å². The molecule has 2 heterocycles. The number of hydrogen-bond acceptors (Lipinski definition) is 4. The summed E-state index contributed by atoms with van der Waals surface area (Å²) < 4.78 is 5.04. The van der Waals surface area contributed by atoms with Gasteiger partial charge in [0.2, 0.25) is 0 Å². The van der Waals surface area contributed by atoms with Gasteiger partial charge in [0, 0.05) is 31.1 Å². The number of guanidine groups is 1. The Morgan fingerprint density at radius 3 is 2.71 bits per heavy atom. The van der Waals surface area contributed by atoms with Crippen molar-refractivity contribution in [3.05, 3.63) is 21.9 Å². The first-order chi connectivity index (χ1) is 11.1. The molecule has 0 aliphatic carbocycles. The first-order valence-corrected chi connectivity index (χ1v) is 8.93. The molecule has 0 atom stereocenters. The highest BCUT2D eigenvalue weighted by Gasteiger charge is 2.24. The Morgan fingerprint density at radius 1 is 1.46 bits per heavy atom. The van der Waals surface area contributed by atoms with Crippen LogP contribution in [0.5, 0.6) is 0 Å². The van der Waals surface area contributed by atoms with Crippen molar-refractivity contribution in [1.29, 1.82) is 0 Å². The van der Waals surface area contributed by atoms with E-state index in [2.05, 4.69) is 34.0 Å². The number of nitrogens with one attached hydrogen (secondary N) is 2. The van der Waals surface area contributed by atoms with E-state index in [9.17, 15) is 4.79 Å². The zero-order valence-electron chi connectivity index (χ0n) is 14.5. The molecule has 1 aliphatic rings. The van der Waals surface area contributed by atoms with Gasteiger partial charge >= 0.3 is 6.09 Å². The molecule has 0 saturated carbocycles. The van der Waals surface area contributed by atoms with Crippen LogP contribution in [0, 0.1) is 6.92 Å². The van der Waals surface area contributed by atoms with Gasteiger partial charge in [0.15, 0.2) is 5.96 Å². The number of thiophene rings is 1. The van der Waals surface area contributed by atoms with Crippen LogP contribution in [0.25, 0.3) is 0 Å². The van der Waals surface area contributed by atoms with E-state index in [1.807, 2.05) is 6.92 Å². The molecule has 136 valence electrons. The summed E-state index contributed by atoms with van der Waals surface area (Å²) in [6.07, 6.45) is 1.59. The van der Waals surface area contributed by atoms with Gasteiger partial charge in [-0.1, -0.05) is 0 Å². The third kappa shape index (κ3) is 6.12. The number of rotatable bonds is 4. The molecule has 1 aliphatic heterocycles. The van der Waals surface area contributed by atoms with Gasteiger partial charge in [-0.15, -0.1) is 35.3 Å². The summed E-state index contributed by atoms with van der Waals surface area (Å²) in [6.45, 7) is 6.60. The van der Waals surface area contributed by atoms with Crippen LogP contribution in [0.1, 0.15) is 30.2 Å². The van der Waals surface area contributed by atoms with E-state index in [0.717, 1.165) is 38.4 Å². The average Bonchev–Trinajstić information content (AvgIpc) is 2.97. The van der Waals surface area contributed by atoms with Crippen LogP contribution in [-0.2, 0) is 11.3 Å². The molecule has 1 aromatic heterocycles. The predicted molar refractivity (Wildman–Crippen MR) is 109 cm³/mol. The Labute approximate surface area is 165 Å². The lowest BCUT2D eigenvalue weighted by Gasteiger charge is -2.32. The molecule has 1 aromatic rings. The molecule has 0 spiro atoms. The molecule has 0 radical (unpaired) electrons. The lowest BCUT2D eigenvalue weighted by Crippen LogP contribution is -2.49. The standard InChI is InChI=1S/C16H26N4O2S.HI/c1-4-22-16(21)20-8-5-13(6-9-20)19-15(17-3)18-11-14-12(2)7-10-23-14;/h7,10,13H,4-6,8-9,11H2,1-3H3,(H2,17,18,19);1H. The largest absolute Gasteiger partial charge is 0.450 e. The van der Waals surface area contributed by atoms with Gasteiger partial charge in [0.1, 0.15) is 0 Å². The lowest BCUT2D eigenvalue weighted by molar-refractivity contribution is 0.0963. The number of amides is 1. The van der Waals surface area contributed by atoms with Crippen LogP contribution in [-0.4, -0.2) is 49.7 Å². The molecule has 24 heavy (non-hydrogen) atoms. The van der Waals surface area contributed by atoms with Gasteiger partial charge in [-0.25, -0.2) is 4.79 Å². The number of carbonyl (C=O) groups is 1. The van der Waals surface area contributed by atoms with Crippen molar-refractivity contribution in [3.8, 4) is 0 Å². The van der Waals surface area contributed by atoms with Crippen molar-refractivity contribution in [2.45, 2.75) is 39.3 Å². The van der Waals surface area contributed by atoms with Crippen LogP contribution in [0.3, 0.4) is 0 Å². The SMILES string of the molecule is CCOC(=O)N1CCC(NC(=NC)NCc2sccc2C)CC1.I. The van der Waals surface area contributed by atoms with E-state index in [1.54, 1.807) is 23.3 Å². The summed E-state index contributed by atoms with van der Waals surface area (Å²) in [7, 11) is 1.78. The van der Waals surface area contributed by atoms with E-state index < -0.39 is 0 Å². The fraction of sp³-hybridized carbons (Fsp3) is 0.625. The maximum Gasteiger partial charge on any atom is 0.409 e. The maximum atomic E-state index is 11.7. The van der Waals surface area contributed by atoms with E-state index in [1.165, 1.54) is 10.4 Å². The second-order valence-electron chi connectivity index (χ2n) is 5.56. The smallest absolute Gasteiger partial charge is 0.409 e. The maximum absolute atomic E-state index is 11.7. The Balaban J connectivity index is 0.00000288. The quantitative estimate of drug-likeness (QED) is 0.407. The molecular formula is C16H27IN4O2S. The topological polar surface area (TPSA) is 66.0 Å². The second-order valence-corrected chi connectivity index (χ2v) is 6.56. The molecule has 0 unspecified atom stereocenters. The van der Waals surface area contributed by atoms with Crippen LogP contribution in [0.4, 0.5) is 4.79 Å². The first kappa shape index (κ1) is 21.0. The van der Waals surface area contributed by atoms with Gasteiger partial charge in [-0.3, -0.25) is 4.99 Å². The van der Waals surface area contributed by atoms with Crippen molar-refractivity contribution in [3.63, 3.8) is 0 Å². The first-order valence-electron chi connectivity index (χ1n) is 8.06. The number of piperidine rings is 1. The summed E-state index contributed by atoms with van der Waals surface area (Å²) >= 11 is 1.75. The normalized spacial score (nSPS) is 15.6. The van der Waals surface area contributed by atoms with Crippen molar-refractivity contribution in [2.75, 3.05) is 26.7 Å². The second kappa shape index (κ2) is 10.8. The number of aryl methyl sites for hydroxylation is 1. The number of likely N-dealkylation sites (tertiary alicyclic amines) is 1. The zero-order chi connectivity index (χ0) is 16.7. The molecule has 8 heteroatoms. The zero-order valence-corrected chi connectivity index (χ0v) is 17.6. The van der Waals surface area contributed by atoms with E-state index in [-0.39, 0.29) is 30.1 Å². The number of carbonyl (C=O) groups excluding carboxylic acids is 1. The minimum atomic E-state index is -0.207. The minimum Gasteiger partial charge on any atom is -0.450 e. The van der Waals surface area contributed by atoms with E-state index >= 15 is 0 Å². The van der Waals surface area contributed by atoms with Gasteiger partial charge < -0.3 is 20.3 Å². The number of halogens is 1. The summed E-state index contributed by atoms with van der Waals surface area (Å²) in [6, 6.07) is 2.46. The Bertz CT molecular complexity index is 542. The van der Waals surface area contributed by atoms with Crippen LogP contribution >= 0.6 is 35.3 Å². The third-order valence-corrected chi connectivity index (χ3v) is 4.99. The fourth-order valence-electron chi connectivity index (χ4n) is 2.56. The molecule has 2 N–H and O–H groups in total. The minimum absolute atomic E-state index is 0. The number of aliphatic imine (C=N–C) groups is 1. The molecule has 1 amide bonds. The summed E-state index contributed by atoms with van der Waals surface area (Å²) in [5.41, 5.74) is 1.31. The van der Waals surface area contributed by atoms with Gasteiger partial charge in [-0.2, -0.15) is 0 Å². The molecule has 0 aromatic carbocycles. The fourth-order valence-corrected chi connectivity index (χ4v) is 3.40. The van der Waals surface area contributed by atoms with Gasteiger partial charge in [0.05, 0.1) is 13.2 Å². The van der Waals surface area contributed by atoms with Crippen molar-refractivity contribution < 1.29 is 9.53 Å². The summed E-state index contributed by atoms with van der Waals surface area (Å²) in [4.78, 5) is 19.1. The third-order valence-electron chi connectivity index (χ3n) is 3.97. The molecule has 6 nitrogen and oxygen atoms in total. The highest BCUT2D eigenvalue weighted by atomic mass is 127. The van der Waals surface area contributed by atoms with E-state index in [0.29, 0.717) is 12.6 Å². The van der Waals surface area contributed by atoms with Crippen LogP contribution in [0.2, 0.25) is 0 Å². The Morgan fingerprint density at radius 2 is 2.17 bits per heavy atom. The lowest BCUT2D eigenvalue weighted by atomic mass is 10.1. The van der Waals surface area contributed by atoms with Crippen LogP contribution in [0.15, 0.2) is 16.4 Å². The van der Waals surface area contributed by atoms with Crippen LogP contribution < -0.4 is 10.6 Å². The molecular weight excluding hydrogens is 439 g/mol. The molecule has 2 rings (SSSR count). The summed E-state index contributed by atoms with van der Waals surface area (Å²) in [5.74, 6) is 0.812. The number of nitrogens with zero attached hydrogens (tertiary/aromatic N) is 2. The monoisotopic (exact) mass is 466 g/mol. The molecule has 0 bridgehead atoms. The number of ether oxygens (including phenoxy) is 1. The van der Waals surface area contributed by atoms with Gasteiger partial charge in [0.25, 0.3) is 0 Å². The molecule has 1 saturated heterocycles. The predicted octanol–water partition coefficient (Wildman–Crippen LogP) is 2.96. The summed E-state index contributed by atoms with van der Waals surface area (Å²) in [5, 5.41) is 8.91. The van der Waals surface area contributed by atoms with Gasteiger partial charge in [-0.05, 0) is 43.7 Å². The van der Waals surface area contributed by atoms with E-state index in [4.69, 9.17) is 4.74 Å². The Hall–Kier alpha value is -1.03. The van der Waals surface area contributed by atoms with Crippen molar-refractivity contribution in [2.24, 2.45) is 4.99 Å². The van der Waals surface area contributed by atoms with Crippen molar-refractivity contribution >= 4 is 47.4 Å². The Kier molecular flexibility index (Phi) is 9.42. The highest BCUT2D eigenvalue weighted by Crippen LogP contribution is 2.15. The molecule has 1 fully saturated rings. The average molecular weight is 466 g/mol.